The Kier molecular flexibility index (Phi) is 8.27. The monoisotopic (exact) mass is 449 g/mol. The van der Waals surface area contributed by atoms with Crippen molar-refractivity contribution >= 4 is 0 Å². The van der Waals surface area contributed by atoms with Crippen LogP contribution in [-0.4, -0.2) is 108 Å². The minimum atomic E-state index is -1.29. The van der Waals surface area contributed by atoms with E-state index in [1.807, 2.05) is 0 Å². The fourth-order valence-electron chi connectivity index (χ4n) is 4.69. The highest BCUT2D eigenvalue weighted by molar-refractivity contribution is 5.01. The van der Waals surface area contributed by atoms with Crippen molar-refractivity contribution < 1.29 is 34.3 Å². The van der Waals surface area contributed by atoms with Crippen LogP contribution in [0.2, 0.25) is 0 Å². The molecule has 0 aromatic heterocycles. The predicted molar refractivity (Wildman–Crippen MR) is 110 cm³/mol. The lowest BCUT2D eigenvalue weighted by atomic mass is 9.84. The molecule has 0 spiro atoms. The summed E-state index contributed by atoms with van der Waals surface area (Å²) >= 11 is 0. The number of hydrogen-bond donors (Lipinski definition) is 8. The van der Waals surface area contributed by atoms with Crippen LogP contribution in [0.3, 0.4) is 0 Å². The number of nitrogens with one attached hydrogen (secondary N) is 1. The number of aliphatic hydroxyl groups excluding tert-OH is 2. The third-order valence-electron chi connectivity index (χ3n) is 6.55. The third-order valence-corrected chi connectivity index (χ3v) is 6.55. The first-order chi connectivity index (χ1) is 14.6. The molecular weight excluding hydrogens is 410 g/mol. The third kappa shape index (κ3) is 5.37. The zero-order valence-electron chi connectivity index (χ0n) is 18.2. The molecule has 1 saturated carbocycles. The summed E-state index contributed by atoms with van der Waals surface area (Å²) < 4.78 is 23.3. The van der Waals surface area contributed by atoms with E-state index < -0.39 is 60.7 Å². The van der Waals surface area contributed by atoms with Gasteiger partial charge in [-0.25, -0.2) is 0 Å². The van der Waals surface area contributed by atoms with Crippen molar-refractivity contribution in [2.24, 2.45) is 22.9 Å². The fraction of sp³-hybridized carbons (Fsp3) is 1.00. The molecule has 12 heteroatoms. The predicted octanol–water partition coefficient (Wildman–Crippen LogP) is -3.98. The molecule has 0 aromatic rings. The molecule has 2 aliphatic heterocycles. The molecule has 0 aromatic carbocycles. The molecule has 0 bridgehead atoms. The van der Waals surface area contributed by atoms with E-state index in [1.165, 1.54) is 0 Å². The Hall–Kier alpha value is -0.480. The minimum absolute atomic E-state index is 0.0665. The summed E-state index contributed by atoms with van der Waals surface area (Å²) in [6.07, 6.45) is -4.48. The molecule has 0 amide bonds. The van der Waals surface area contributed by atoms with Crippen LogP contribution >= 0.6 is 0 Å². The van der Waals surface area contributed by atoms with E-state index in [9.17, 15) is 15.3 Å². The normalized spacial score (nSPS) is 51.6. The van der Waals surface area contributed by atoms with E-state index in [4.69, 9.17) is 41.9 Å². The van der Waals surface area contributed by atoms with Gasteiger partial charge in [-0.15, -0.1) is 0 Å². The lowest BCUT2D eigenvalue weighted by Crippen LogP contribution is -2.68. The summed E-state index contributed by atoms with van der Waals surface area (Å²) in [4.78, 5) is 0. The van der Waals surface area contributed by atoms with E-state index >= 15 is 0 Å². The Balaban J connectivity index is 1.68. The van der Waals surface area contributed by atoms with Crippen LogP contribution in [0.4, 0.5) is 0 Å². The van der Waals surface area contributed by atoms with Gasteiger partial charge in [0.05, 0.1) is 24.8 Å². The smallest absolute Gasteiger partial charge is 0.185 e. The van der Waals surface area contributed by atoms with Crippen molar-refractivity contribution in [2.75, 3.05) is 20.2 Å². The number of hydrogen-bond acceptors (Lipinski definition) is 12. The van der Waals surface area contributed by atoms with Crippen molar-refractivity contribution in [1.29, 1.82) is 0 Å². The van der Waals surface area contributed by atoms with Gasteiger partial charge >= 0.3 is 0 Å². The maximum Gasteiger partial charge on any atom is 0.185 e. The molecular formula is C19H39N5O7. The second-order valence-electron chi connectivity index (χ2n) is 9.15. The molecule has 3 aliphatic rings. The molecule has 31 heavy (non-hydrogen) atoms. The van der Waals surface area contributed by atoms with Gasteiger partial charge < -0.3 is 62.5 Å². The van der Waals surface area contributed by atoms with E-state index in [0.717, 1.165) is 6.42 Å². The number of nitrogens with two attached hydrogens (primary N) is 4. The Morgan fingerprint density at radius 2 is 1.61 bits per heavy atom. The van der Waals surface area contributed by atoms with Gasteiger partial charge in [0.25, 0.3) is 0 Å². The summed E-state index contributed by atoms with van der Waals surface area (Å²) in [7, 11) is 1.62. The van der Waals surface area contributed by atoms with Crippen molar-refractivity contribution in [3.05, 3.63) is 0 Å². The average Bonchev–Trinajstić information content (AvgIpc) is 2.71. The zero-order chi connectivity index (χ0) is 22.9. The summed E-state index contributed by atoms with van der Waals surface area (Å²) in [5.41, 5.74) is 23.0. The number of rotatable bonds is 6. The van der Waals surface area contributed by atoms with Gasteiger partial charge in [0.15, 0.2) is 12.6 Å². The van der Waals surface area contributed by atoms with Gasteiger partial charge in [-0.05, 0) is 33.2 Å². The Bertz CT molecular complexity index is 588. The highest BCUT2D eigenvalue weighted by atomic mass is 16.7. The molecule has 0 radical (unpaired) electrons. The first kappa shape index (κ1) is 25.1. The maximum atomic E-state index is 11.0. The second-order valence-corrected chi connectivity index (χ2v) is 9.15. The van der Waals surface area contributed by atoms with Crippen molar-refractivity contribution in [3.8, 4) is 0 Å². The maximum absolute atomic E-state index is 11.0. The molecule has 2 saturated heterocycles. The number of aliphatic hydroxyl groups is 3. The molecule has 12 nitrogen and oxygen atoms in total. The largest absolute Gasteiger partial charge is 0.388 e. The van der Waals surface area contributed by atoms with Crippen LogP contribution in [0.15, 0.2) is 0 Å². The topological polar surface area (TPSA) is 214 Å². The highest BCUT2D eigenvalue weighted by Crippen LogP contribution is 2.31. The lowest BCUT2D eigenvalue weighted by Gasteiger charge is -2.48. The molecule has 0 unspecified atom stereocenters. The van der Waals surface area contributed by atoms with E-state index in [-0.39, 0.29) is 18.8 Å². The van der Waals surface area contributed by atoms with Crippen LogP contribution in [0, 0.1) is 0 Å². The van der Waals surface area contributed by atoms with Gasteiger partial charge in [-0.3, -0.25) is 0 Å². The van der Waals surface area contributed by atoms with Crippen molar-refractivity contribution in [2.45, 2.75) is 99.1 Å². The molecule has 182 valence electrons. The first-order valence-corrected chi connectivity index (χ1v) is 10.9. The summed E-state index contributed by atoms with van der Waals surface area (Å²) in [6, 6.07) is -2.26. The SMILES string of the molecule is CN[C@@H]1[C@H](O)[C@@H](O[C@@H]2[C@H](O)[C@H](O[C@@H]3O[C@H](CN)CC[C@H]3N)[C@@H](N)C[C@H]2N)OC[C@]1(C)O. The Morgan fingerprint density at radius 3 is 2.19 bits per heavy atom. The van der Waals surface area contributed by atoms with E-state index in [2.05, 4.69) is 5.32 Å². The summed E-state index contributed by atoms with van der Waals surface area (Å²) in [5.74, 6) is 0. The molecule has 3 rings (SSSR count). The lowest BCUT2D eigenvalue weighted by molar-refractivity contribution is -0.306. The van der Waals surface area contributed by atoms with Crippen LogP contribution in [0.5, 0.6) is 0 Å². The van der Waals surface area contributed by atoms with E-state index in [0.29, 0.717) is 19.4 Å². The average molecular weight is 450 g/mol. The van der Waals surface area contributed by atoms with Gasteiger partial charge in [0, 0.05) is 18.6 Å². The van der Waals surface area contributed by atoms with Crippen molar-refractivity contribution in [3.63, 3.8) is 0 Å². The van der Waals surface area contributed by atoms with Crippen LogP contribution in [-0.2, 0) is 18.9 Å². The zero-order valence-corrected chi connectivity index (χ0v) is 18.2. The fourth-order valence-corrected chi connectivity index (χ4v) is 4.69. The quantitative estimate of drug-likeness (QED) is 0.195. The highest BCUT2D eigenvalue weighted by Gasteiger charge is 2.50. The minimum Gasteiger partial charge on any atom is -0.388 e. The van der Waals surface area contributed by atoms with Crippen molar-refractivity contribution in [1.82, 2.24) is 5.32 Å². The molecule has 1 aliphatic carbocycles. The van der Waals surface area contributed by atoms with Crippen LogP contribution in [0.1, 0.15) is 26.2 Å². The van der Waals surface area contributed by atoms with Crippen LogP contribution < -0.4 is 28.3 Å². The van der Waals surface area contributed by atoms with Crippen LogP contribution in [0.25, 0.3) is 0 Å². The first-order valence-electron chi connectivity index (χ1n) is 10.9. The van der Waals surface area contributed by atoms with E-state index in [1.54, 1.807) is 14.0 Å². The molecule has 12 atom stereocenters. The Labute approximate surface area is 182 Å². The molecule has 12 N–H and O–H groups in total. The second kappa shape index (κ2) is 10.2. The van der Waals surface area contributed by atoms with Gasteiger partial charge in [0.1, 0.15) is 30.0 Å². The molecule has 2 heterocycles. The number of likely N-dealkylation sites (N-methyl/N-ethyl adjacent to an activating group) is 1. The number of ether oxygens (including phenoxy) is 4. The van der Waals surface area contributed by atoms with Gasteiger partial charge in [-0.1, -0.05) is 0 Å². The van der Waals surface area contributed by atoms with Gasteiger partial charge in [0.2, 0.25) is 0 Å². The summed E-state index contributed by atoms with van der Waals surface area (Å²) in [5, 5.41) is 34.9. The van der Waals surface area contributed by atoms with Gasteiger partial charge in [-0.2, -0.15) is 0 Å². The Morgan fingerprint density at radius 1 is 1.00 bits per heavy atom. The summed E-state index contributed by atoms with van der Waals surface area (Å²) in [6.45, 7) is 1.83. The molecule has 3 fully saturated rings. The standard InChI is InChI=1S/C19H39N5O7/c1-19(27)7-28-18(13(26)16(19)24-2)31-15-11(23)5-10(22)14(12(15)25)30-17-9(21)4-3-8(6-20)29-17/h8-18,24-27H,3-7,20-23H2,1-2H3/t8-,9+,10-,11+,12+,13-,14+,15-,16+,17-,18+,19-/m0/s1.